The van der Waals surface area contributed by atoms with Gasteiger partial charge in [-0.2, -0.15) is 0 Å². The number of benzene rings is 1. The van der Waals surface area contributed by atoms with Gasteiger partial charge in [0, 0.05) is 6.04 Å². The Bertz CT molecular complexity index is 354. The molecule has 2 aliphatic carbocycles. The van der Waals surface area contributed by atoms with Crippen LogP contribution >= 0.6 is 0 Å². The summed E-state index contributed by atoms with van der Waals surface area (Å²) in [6.45, 7) is 0. The van der Waals surface area contributed by atoms with Crippen molar-refractivity contribution < 1.29 is 0 Å². The Morgan fingerprint density at radius 3 is 2.62 bits per heavy atom. The van der Waals surface area contributed by atoms with E-state index < -0.39 is 0 Å². The number of hydrogen-bond acceptors (Lipinski definition) is 1. The lowest BCUT2D eigenvalue weighted by molar-refractivity contribution is 0.712. The van der Waals surface area contributed by atoms with Gasteiger partial charge in [-0.25, -0.2) is 0 Å². The maximum atomic E-state index is 6.04. The van der Waals surface area contributed by atoms with Gasteiger partial charge < -0.3 is 5.73 Å². The second kappa shape index (κ2) is 2.58. The molecule has 0 bridgehead atoms. The third-order valence-electron chi connectivity index (χ3n) is 3.48. The highest BCUT2D eigenvalue weighted by atomic mass is 14.6. The van der Waals surface area contributed by atoms with E-state index in [0.29, 0.717) is 6.04 Å². The summed E-state index contributed by atoms with van der Waals surface area (Å²) in [5.74, 6) is 0. The molecule has 1 atom stereocenters. The van der Waals surface area contributed by atoms with Crippen LogP contribution in [-0.2, 0) is 19.3 Å². The molecular formula is C12H15N. The molecule has 0 saturated heterocycles. The Kier molecular flexibility index (Phi) is 1.50. The minimum atomic E-state index is 0.320. The molecule has 0 heterocycles. The Hall–Kier alpha value is -0.820. The monoisotopic (exact) mass is 173 g/mol. The van der Waals surface area contributed by atoms with Gasteiger partial charge in [0.25, 0.3) is 0 Å². The highest BCUT2D eigenvalue weighted by molar-refractivity contribution is 5.44. The van der Waals surface area contributed by atoms with Crippen LogP contribution in [0.3, 0.4) is 0 Å². The van der Waals surface area contributed by atoms with Gasteiger partial charge in [-0.05, 0) is 54.4 Å². The lowest BCUT2D eigenvalue weighted by Gasteiger charge is -2.07. The van der Waals surface area contributed by atoms with Gasteiger partial charge in [-0.1, -0.05) is 12.1 Å². The fourth-order valence-electron chi connectivity index (χ4n) is 2.72. The van der Waals surface area contributed by atoms with Gasteiger partial charge >= 0.3 is 0 Å². The van der Waals surface area contributed by atoms with Crippen molar-refractivity contribution in [1.82, 2.24) is 0 Å². The molecule has 68 valence electrons. The van der Waals surface area contributed by atoms with E-state index in [1.807, 2.05) is 0 Å². The van der Waals surface area contributed by atoms with Crippen LogP contribution in [0.25, 0.3) is 0 Å². The number of hydrogen-bond donors (Lipinski definition) is 1. The number of nitrogens with two attached hydrogens (primary N) is 1. The second-order valence-corrected chi connectivity index (χ2v) is 4.32. The summed E-state index contributed by atoms with van der Waals surface area (Å²) < 4.78 is 0. The molecule has 1 aromatic rings. The molecular weight excluding hydrogens is 158 g/mol. The van der Waals surface area contributed by atoms with Crippen molar-refractivity contribution in [2.75, 3.05) is 0 Å². The first-order chi connectivity index (χ1) is 6.34. The second-order valence-electron chi connectivity index (χ2n) is 4.32. The van der Waals surface area contributed by atoms with Crippen molar-refractivity contribution in [3.63, 3.8) is 0 Å². The molecule has 1 nitrogen and oxygen atoms in total. The summed E-state index contributed by atoms with van der Waals surface area (Å²) in [6.07, 6.45) is 6.25. The molecule has 0 saturated carbocycles. The van der Waals surface area contributed by atoms with Crippen LogP contribution in [0.1, 0.15) is 41.1 Å². The lowest BCUT2D eigenvalue weighted by atomic mass is 10.0. The summed E-state index contributed by atoms with van der Waals surface area (Å²) in [5, 5.41) is 0. The molecule has 1 aromatic carbocycles. The molecule has 13 heavy (non-hydrogen) atoms. The van der Waals surface area contributed by atoms with Crippen LogP contribution < -0.4 is 5.73 Å². The van der Waals surface area contributed by atoms with E-state index in [1.165, 1.54) is 36.8 Å². The van der Waals surface area contributed by atoms with E-state index in [2.05, 4.69) is 12.1 Å². The number of fused-ring (bicyclic) bond motifs is 2. The highest BCUT2D eigenvalue weighted by Gasteiger charge is 2.22. The fraction of sp³-hybridized carbons (Fsp3) is 0.500. The molecule has 1 heteroatoms. The summed E-state index contributed by atoms with van der Waals surface area (Å²) in [5.41, 5.74) is 12.1. The molecule has 0 radical (unpaired) electrons. The zero-order valence-electron chi connectivity index (χ0n) is 7.84. The molecule has 2 aliphatic rings. The molecule has 0 aliphatic heterocycles. The summed E-state index contributed by atoms with van der Waals surface area (Å²) in [4.78, 5) is 0. The molecule has 0 fully saturated rings. The van der Waals surface area contributed by atoms with Crippen molar-refractivity contribution in [1.29, 1.82) is 0 Å². The fourth-order valence-corrected chi connectivity index (χ4v) is 2.72. The smallest absolute Gasteiger partial charge is 0.0300 e. The Morgan fingerprint density at radius 2 is 1.77 bits per heavy atom. The SMILES string of the molecule is NC1CCc2cc3c(cc21)CCC3. The van der Waals surface area contributed by atoms with Crippen molar-refractivity contribution in [2.24, 2.45) is 5.73 Å². The first-order valence-corrected chi connectivity index (χ1v) is 5.25. The number of aryl methyl sites for hydroxylation is 3. The van der Waals surface area contributed by atoms with Gasteiger partial charge in [-0.3, -0.25) is 0 Å². The Balaban J connectivity index is 2.16. The van der Waals surface area contributed by atoms with Gasteiger partial charge in [0.1, 0.15) is 0 Å². The summed E-state index contributed by atoms with van der Waals surface area (Å²) in [7, 11) is 0. The first kappa shape index (κ1) is 7.57. The van der Waals surface area contributed by atoms with Crippen molar-refractivity contribution in [3.8, 4) is 0 Å². The van der Waals surface area contributed by atoms with Crippen molar-refractivity contribution in [2.45, 2.75) is 38.1 Å². The van der Waals surface area contributed by atoms with Crippen molar-refractivity contribution >= 4 is 0 Å². The van der Waals surface area contributed by atoms with E-state index in [1.54, 1.807) is 11.1 Å². The van der Waals surface area contributed by atoms with E-state index in [4.69, 9.17) is 5.73 Å². The average molecular weight is 173 g/mol. The third kappa shape index (κ3) is 1.03. The van der Waals surface area contributed by atoms with E-state index >= 15 is 0 Å². The third-order valence-corrected chi connectivity index (χ3v) is 3.48. The Morgan fingerprint density at radius 1 is 1.00 bits per heavy atom. The molecule has 1 unspecified atom stereocenters. The van der Waals surface area contributed by atoms with Crippen LogP contribution in [0.5, 0.6) is 0 Å². The van der Waals surface area contributed by atoms with Gasteiger partial charge in [0.2, 0.25) is 0 Å². The minimum Gasteiger partial charge on any atom is -0.324 e. The Labute approximate surface area is 78.9 Å². The van der Waals surface area contributed by atoms with Gasteiger partial charge in [0.15, 0.2) is 0 Å². The average Bonchev–Trinajstić information content (AvgIpc) is 2.70. The molecule has 0 aromatic heterocycles. The zero-order valence-corrected chi connectivity index (χ0v) is 7.84. The molecule has 3 rings (SSSR count). The maximum absolute atomic E-state index is 6.04. The highest BCUT2D eigenvalue weighted by Crippen LogP contribution is 2.34. The van der Waals surface area contributed by atoms with Crippen LogP contribution in [0.2, 0.25) is 0 Å². The standard InChI is InChI=1S/C12H15N/c13-12-5-4-10-6-8-2-1-3-9(8)7-11(10)12/h6-7,12H,1-5,13H2. The van der Waals surface area contributed by atoms with E-state index in [-0.39, 0.29) is 0 Å². The van der Waals surface area contributed by atoms with E-state index in [0.717, 1.165) is 6.42 Å². The minimum absolute atomic E-state index is 0.320. The summed E-state index contributed by atoms with van der Waals surface area (Å²) >= 11 is 0. The quantitative estimate of drug-likeness (QED) is 0.639. The van der Waals surface area contributed by atoms with Crippen LogP contribution in [0.15, 0.2) is 12.1 Å². The first-order valence-electron chi connectivity index (χ1n) is 5.25. The normalized spacial score (nSPS) is 24.5. The number of rotatable bonds is 0. The topological polar surface area (TPSA) is 26.0 Å². The summed E-state index contributed by atoms with van der Waals surface area (Å²) in [6, 6.07) is 5.10. The predicted molar refractivity (Wildman–Crippen MR) is 53.7 cm³/mol. The van der Waals surface area contributed by atoms with Crippen LogP contribution in [-0.4, -0.2) is 0 Å². The van der Waals surface area contributed by atoms with Crippen LogP contribution in [0, 0.1) is 0 Å². The van der Waals surface area contributed by atoms with Gasteiger partial charge in [-0.15, -0.1) is 0 Å². The zero-order chi connectivity index (χ0) is 8.84. The van der Waals surface area contributed by atoms with Crippen LogP contribution in [0.4, 0.5) is 0 Å². The van der Waals surface area contributed by atoms with Crippen molar-refractivity contribution in [3.05, 3.63) is 34.4 Å². The molecule has 2 N–H and O–H groups in total. The molecule has 0 amide bonds. The lowest BCUT2D eigenvalue weighted by Crippen LogP contribution is -2.05. The van der Waals surface area contributed by atoms with E-state index in [9.17, 15) is 0 Å². The van der Waals surface area contributed by atoms with Gasteiger partial charge in [0.05, 0.1) is 0 Å². The maximum Gasteiger partial charge on any atom is 0.0300 e. The predicted octanol–water partition coefficient (Wildman–Crippen LogP) is 2.12. The largest absolute Gasteiger partial charge is 0.324 e. The molecule has 0 spiro atoms.